The van der Waals surface area contributed by atoms with Crippen LogP contribution in [0.1, 0.15) is 15.2 Å². The molecule has 0 spiro atoms. The third-order valence-corrected chi connectivity index (χ3v) is 3.38. The number of nitrogens with zero attached hydrogens (tertiary/aromatic N) is 2. The fourth-order valence-corrected chi connectivity index (χ4v) is 2.13. The van der Waals surface area contributed by atoms with E-state index in [1.807, 2.05) is 0 Å². The number of rotatable bonds is 3. The maximum absolute atomic E-state index is 13.6. The highest BCUT2D eigenvalue weighted by molar-refractivity contribution is 7.17. The summed E-state index contributed by atoms with van der Waals surface area (Å²) in [4.78, 5) is 21.8. The highest BCUT2D eigenvalue weighted by Gasteiger charge is 2.16. The molecule has 0 unspecified atom stereocenters. The molecule has 0 aliphatic carbocycles. The molecule has 1 N–H and O–H groups in total. The van der Waals surface area contributed by atoms with E-state index in [0.717, 1.165) is 6.07 Å². The number of hydrogen-bond acceptors (Lipinski definition) is 5. The fraction of sp³-hybridized carbons (Fsp3) is 0. The number of benzene rings is 1. The number of carbonyl (C=O) groups is 1. The van der Waals surface area contributed by atoms with Crippen LogP contribution >= 0.6 is 11.3 Å². The Kier molecular flexibility index (Phi) is 3.72. The summed E-state index contributed by atoms with van der Waals surface area (Å²) in [6.07, 6.45) is 0. The molecule has 2 rings (SSSR count). The first kappa shape index (κ1) is 13.6. The second-order valence-electron chi connectivity index (χ2n) is 3.66. The smallest absolute Gasteiger partial charge is 0.319 e. The molecule has 1 amide bonds. The average molecular weight is 291 g/mol. The highest BCUT2D eigenvalue weighted by atomic mass is 32.1. The van der Waals surface area contributed by atoms with Crippen LogP contribution < -0.4 is 5.32 Å². The molecule has 1 heterocycles. The Morgan fingerprint density at radius 3 is 2.70 bits per heavy atom. The number of halogens is 1. The first-order valence-corrected chi connectivity index (χ1v) is 6.08. The van der Waals surface area contributed by atoms with Crippen molar-refractivity contribution in [2.75, 3.05) is 5.32 Å². The second-order valence-corrected chi connectivity index (χ2v) is 4.72. The molecule has 100 valence electrons. The molecule has 8 heteroatoms. The molecule has 6 nitrogen and oxygen atoms in total. The minimum absolute atomic E-state index is 0.0925. The summed E-state index contributed by atoms with van der Waals surface area (Å²) in [5, 5.41) is 21.2. The van der Waals surface area contributed by atoms with Gasteiger partial charge < -0.3 is 5.32 Å². The van der Waals surface area contributed by atoms with Gasteiger partial charge in [-0.25, -0.2) is 4.39 Å². The van der Waals surface area contributed by atoms with E-state index in [4.69, 9.17) is 5.26 Å². The topological polar surface area (TPSA) is 96.0 Å². The predicted molar refractivity (Wildman–Crippen MR) is 70.0 cm³/mol. The Bertz CT molecular complexity index is 736. The van der Waals surface area contributed by atoms with Crippen molar-refractivity contribution in [3.8, 4) is 6.07 Å². The van der Waals surface area contributed by atoms with E-state index in [0.29, 0.717) is 11.3 Å². The standard InChI is InChI=1S/C12H6FN3O3S/c13-8-5-7(6-14)1-2-9(8)15-12(17)10-3-4-11(20-10)16(18)19/h1-5H,(H,15,17). The SMILES string of the molecule is N#Cc1ccc(NC(=O)c2ccc([N+](=O)[O-])s2)c(F)c1. The van der Waals surface area contributed by atoms with Crippen molar-refractivity contribution in [3.63, 3.8) is 0 Å². The van der Waals surface area contributed by atoms with Gasteiger partial charge >= 0.3 is 5.00 Å². The number of nitrogens with one attached hydrogen (secondary N) is 1. The normalized spacial score (nSPS) is 9.80. The quantitative estimate of drug-likeness (QED) is 0.694. The second kappa shape index (κ2) is 5.46. The van der Waals surface area contributed by atoms with Crippen molar-refractivity contribution >= 4 is 27.9 Å². The van der Waals surface area contributed by atoms with Crippen molar-refractivity contribution in [2.45, 2.75) is 0 Å². The summed E-state index contributed by atoms with van der Waals surface area (Å²) in [5.74, 6) is -1.39. The number of hydrogen-bond donors (Lipinski definition) is 1. The molecular weight excluding hydrogens is 285 g/mol. The Balaban J connectivity index is 2.19. The third kappa shape index (κ3) is 2.78. The van der Waals surface area contributed by atoms with Crippen LogP contribution in [0.15, 0.2) is 30.3 Å². The maximum Gasteiger partial charge on any atom is 0.324 e. The van der Waals surface area contributed by atoms with Crippen LogP contribution in [0.3, 0.4) is 0 Å². The van der Waals surface area contributed by atoms with Crippen molar-refractivity contribution in [1.29, 1.82) is 5.26 Å². The number of anilines is 1. The molecule has 1 aromatic carbocycles. The van der Waals surface area contributed by atoms with Gasteiger partial charge in [-0.1, -0.05) is 11.3 Å². The number of thiophene rings is 1. The molecule has 0 fully saturated rings. The van der Waals surface area contributed by atoms with Crippen LogP contribution in [0.5, 0.6) is 0 Å². The van der Waals surface area contributed by atoms with E-state index < -0.39 is 16.6 Å². The lowest BCUT2D eigenvalue weighted by Gasteiger charge is -2.04. The molecule has 0 bridgehead atoms. The van der Waals surface area contributed by atoms with Crippen molar-refractivity contribution in [1.82, 2.24) is 0 Å². The maximum atomic E-state index is 13.6. The lowest BCUT2D eigenvalue weighted by atomic mass is 10.2. The van der Waals surface area contributed by atoms with Gasteiger partial charge in [-0.3, -0.25) is 14.9 Å². The largest absolute Gasteiger partial charge is 0.324 e. The highest BCUT2D eigenvalue weighted by Crippen LogP contribution is 2.25. The Hall–Kier alpha value is -2.79. The zero-order valence-electron chi connectivity index (χ0n) is 9.79. The minimum atomic E-state index is -0.747. The molecule has 0 atom stereocenters. The molecular formula is C12H6FN3O3S. The van der Waals surface area contributed by atoms with Crippen LogP contribution in [0, 0.1) is 27.3 Å². The van der Waals surface area contributed by atoms with Gasteiger partial charge in [-0.2, -0.15) is 5.26 Å². The monoisotopic (exact) mass is 291 g/mol. The zero-order valence-corrected chi connectivity index (χ0v) is 10.6. The Morgan fingerprint density at radius 1 is 1.40 bits per heavy atom. The van der Waals surface area contributed by atoms with Gasteiger partial charge in [0.05, 0.1) is 27.1 Å². The van der Waals surface area contributed by atoms with Crippen LogP contribution in [0.4, 0.5) is 15.1 Å². The van der Waals surface area contributed by atoms with E-state index >= 15 is 0 Å². The summed E-state index contributed by atoms with van der Waals surface area (Å²) in [7, 11) is 0. The predicted octanol–water partition coefficient (Wildman–Crippen LogP) is 2.92. The van der Waals surface area contributed by atoms with Gasteiger partial charge in [-0.15, -0.1) is 0 Å². The van der Waals surface area contributed by atoms with Crippen LogP contribution in [-0.4, -0.2) is 10.8 Å². The molecule has 0 radical (unpaired) electrons. The van der Waals surface area contributed by atoms with Gasteiger partial charge in [0, 0.05) is 6.07 Å². The van der Waals surface area contributed by atoms with E-state index in [-0.39, 0.29) is 21.1 Å². The zero-order chi connectivity index (χ0) is 14.7. The van der Waals surface area contributed by atoms with Crippen molar-refractivity contribution in [2.24, 2.45) is 0 Å². The van der Waals surface area contributed by atoms with Crippen LogP contribution in [0.25, 0.3) is 0 Å². The first-order valence-electron chi connectivity index (χ1n) is 5.26. The first-order chi connectivity index (χ1) is 9.51. The van der Waals surface area contributed by atoms with Gasteiger partial charge in [0.25, 0.3) is 5.91 Å². The van der Waals surface area contributed by atoms with Crippen LogP contribution in [0.2, 0.25) is 0 Å². The van der Waals surface area contributed by atoms with Gasteiger partial charge in [0.2, 0.25) is 0 Å². The minimum Gasteiger partial charge on any atom is -0.319 e. The van der Waals surface area contributed by atoms with Crippen LogP contribution in [-0.2, 0) is 0 Å². The van der Waals surface area contributed by atoms with Crippen molar-refractivity contribution < 1.29 is 14.1 Å². The van der Waals surface area contributed by atoms with Crippen molar-refractivity contribution in [3.05, 3.63) is 56.7 Å². The van der Waals surface area contributed by atoms with E-state index in [1.54, 1.807) is 6.07 Å². The molecule has 1 aromatic heterocycles. The lowest BCUT2D eigenvalue weighted by Crippen LogP contribution is -2.11. The number of nitro groups is 1. The van der Waals surface area contributed by atoms with Gasteiger partial charge in [0.1, 0.15) is 5.82 Å². The van der Waals surface area contributed by atoms with Gasteiger partial charge in [-0.05, 0) is 24.3 Å². The third-order valence-electron chi connectivity index (χ3n) is 2.34. The summed E-state index contributed by atoms with van der Waals surface area (Å²) in [6, 6.07) is 7.87. The summed E-state index contributed by atoms with van der Waals surface area (Å²) < 4.78 is 13.6. The molecule has 20 heavy (non-hydrogen) atoms. The molecule has 0 saturated heterocycles. The van der Waals surface area contributed by atoms with E-state index in [1.165, 1.54) is 24.3 Å². The van der Waals surface area contributed by atoms with E-state index in [9.17, 15) is 19.3 Å². The summed E-state index contributed by atoms with van der Waals surface area (Å²) >= 11 is 0.696. The number of amides is 1. The van der Waals surface area contributed by atoms with E-state index in [2.05, 4.69) is 5.32 Å². The Morgan fingerprint density at radius 2 is 2.15 bits per heavy atom. The molecule has 0 saturated carbocycles. The number of nitriles is 1. The summed E-state index contributed by atoms with van der Waals surface area (Å²) in [5.41, 5.74) is 0.0392. The Labute approximate surface area is 116 Å². The van der Waals surface area contributed by atoms with Gasteiger partial charge in [0.15, 0.2) is 0 Å². The average Bonchev–Trinajstić information content (AvgIpc) is 2.91. The molecule has 2 aromatic rings. The molecule has 0 aliphatic heterocycles. The molecule has 0 aliphatic rings. The summed E-state index contributed by atoms with van der Waals surface area (Å²) in [6.45, 7) is 0. The fourth-order valence-electron chi connectivity index (χ4n) is 1.42. The lowest BCUT2D eigenvalue weighted by molar-refractivity contribution is -0.380. The number of carbonyl (C=O) groups excluding carboxylic acids is 1.